The second kappa shape index (κ2) is 7.89. The van der Waals surface area contributed by atoms with Crippen LogP contribution in [0, 0.1) is 13.8 Å². The Bertz CT molecular complexity index is 800. The van der Waals surface area contributed by atoms with Crippen molar-refractivity contribution in [3.05, 3.63) is 57.8 Å². The van der Waals surface area contributed by atoms with E-state index in [4.69, 9.17) is 0 Å². The molecule has 25 heavy (non-hydrogen) atoms. The number of hydrogen-bond acceptors (Lipinski definition) is 4. The Morgan fingerprint density at radius 2 is 2.08 bits per heavy atom. The van der Waals surface area contributed by atoms with E-state index in [2.05, 4.69) is 5.32 Å². The number of carbonyl (C=O) groups is 2. The van der Waals surface area contributed by atoms with Crippen LogP contribution in [0.25, 0.3) is 6.08 Å². The fourth-order valence-corrected chi connectivity index (χ4v) is 4.35. The first-order valence-electron chi connectivity index (χ1n) is 8.01. The molecule has 4 nitrogen and oxygen atoms in total. The Morgan fingerprint density at radius 1 is 1.24 bits per heavy atom. The molecule has 1 atom stereocenters. The van der Waals surface area contributed by atoms with Gasteiger partial charge >= 0.3 is 0 Å². The van der Waals surface area contributed by atoms with Crippen LogP contribution in [0.4, 0.5) is 5.69 Å². The zero-order chi connectivity index (χ0) is 17.8. The maximum atomic E-state index is 12.6. The minimum atomic E-state index is -0.439. The number of hydrogen-bond donors (Lipinski definition) is 1. The van der Waals surface area contributed by atoms with Crippen LogP contribution >= 0.6 is 23.1 Å². The lowest BCUT2D eigenvalue weighted by atomic mass is 10.1. The molecular weight excluding hydrogens is 352 g/mol. The molecule has 0 radical (unpaired) electrons. The lowest BCUT2D eigenvalue weighted by Gasteiger charge is -2.22. The van der Waals surface area contributed by atoms with Gasteiger partial charge in [-0.15, -0.1) is 11.8 Å². The lowest BCUT2D eigenvalue weighted by Crippen LogP contribution is -2.43. The Balaban J connectivity index is 1.66. The summed E-state index contributed by atoms with van der Waals surface area (Å²) in [5, 5.41) is 6.88. The first kappa shape index (κ1) is 17.8. The minimum Gasteiger partial charge on any atom is -0.324 e. The van der Waals surface area contributed by atoms with Crippen LogP contribution in [-0.4, -0.2) is 34.4 Å². The molecule has 1 aromatic carbocycles. The highest BCUT2D eigenvalue weighted by atomic mass is 32.2. The number of rotatable bonds is 4. The van der Waals surface area contributed by atoms with Crippen molar-refractivity contribution in [2.75, 3.05) is 16.9 Å². The first-order chi connectivity index (χ1) is 12.0. The number of anilines is 1. The third-order valence-corrected chi connectivity index (χ3v) is 5.92. The normalized spacial score (nSPS) is 17.2. The smallest absolute Gasteiger partial charge is 0.248 e. The van der Waals surface area contributed by atoms with E-state index < -0.39 is 6.04 Å². The zero-order valence-corrected chi connectivity index (χ0v) is 15.8. The van der Waals surface area contributed by atoms with Gasteiger partial charge < -0.3 is 10.2 Å². The number of benzene rings is 1. The van der Waals surface area contributed by atoms with Gasteiger partial charge in [0.1, 0.15) is 6.04 Å². The molecule has 0 spiro atoms. The number of nitrogens with zero attached hydrogens (tertiary/aromatic N) is 1. The largest absolute Gasteiger partial charge is 0.324 e. The van der Waals surface area contributed by atoms with E-state index >= 15 is 0 Å². The monoisotopic (exact) mass is 372 g/mol. The highest BCUT2D eigenvalue weighted by molar-refractivity contribution is 7.99. The molecule has 1 aliphatic heterocycles. The molecule has 1 saturated heterocycles. The quantitative estimate of drug-likeness (QED) is 0.828. The van der Waals surface area contributed by atoms with Gasteiger partial charge in [0, 0.05) is 17.5 Å². The summed E-state index contributed by atoms with van der Waals surface area (Å²) in [5.41, 5.74) is 4.09. The van der Waals surface area contributed by atoms with Gasteiger partial charge in [0.05, 0.1) is 5.88 Å². The van der Waals surface area contributed by atoms with Gasteiger partial charge in [-0.1, -0.05) is 6.07 Å². The molecule has 0 bridgehead atoms. The summed E-state index contributed by atoms with van der Waals surface area (Å²) < 4.78 is 0. The van der Waals surface area contributed by atoms with Gasteiger partial charge in [-0.25, -0.2) is 0 Å². The topological polar surface area (TPSA) is 49.4 Å². The fourth-order valence-electron chi connectivity index (χ4n) is 2.55. The lowest BCUT2D eigenvalue weighted by molar-refractivity contribution is -0.132. The van der Waals surface area contributed by atoms with Crippen LogP contribution < -0.4 is 5.32 Å². The molecule has 1 aliphatic rings. The maximum absolute atomic E-state index is 12.6. The van der Waals surface area contributed by atoms with Gasteiger partial charge in [0.15, 0.2) is 0 Å². The van der Waals surface area contributed by atoms with Crippen LogP contribution in [0.2, 0.25) is 0 Å². The number of thioether (sulfide) groups is 1. The van der Waals surface area contributed by atoms with Crippen molar-refractivity contribution >= 4 is 46.7 Å². The molecule has 2 amide bonds. The SMILES string of the molecule is Cc1ccc(NC(=O)C2CSCN2C(=O)/C=C/c2ccsc2)cc1C. The molecule has 0 saturated carbocycles. The molecule has 130 valence electrons. The van der Waals surface area contributed by atoms with Crippen LogP contribution in [-0.2, 0) is 9.59 Å². The van der Waals surface area contributed by atoms with E-state index in [1.807, 2.05) is 48.9 Å². The number of amides is 2. The predicted molar refractivity (Wildman–Crippen MR) is 106 cm³/mol. The molecule has 6 heteroatoms. The van der Waals surface area contributed by atoms with Crippen molar-refractivity contribution < 1.29 is 9.59 Å². The molecule has 0 aliphatic carbocycles. The number of carbonyl (C=O) groups excluding carboxylic acids is 2. The minimum absolute atomic E-state index is 0.128. The summed E-state index contributed by atoms with van der Waals surface area (Å²) in [6.07, 6.45) is 3.34. The Kier molecular flexibility index (Phi) is 5.60. The average Bonchev–Trinajstić information content (AvgIpc) is 3.27. The van der Waals surface area contributed by atoms with E-state index in [0.29, 0.717) is 11.6 Å². The summed E-state index contributed by atoms with van der Waals surface area (Å²) >= 11 is 3.19. The van der Waals surface area contributed by atoms with Crippen molar-refractivity contribution in [3.8, 4) is 0 Å². The predicted octanol–water partition coefficient (Wildman–Crippen LogP) is 3.92. The second-order valence-corrected chi connectivity index (χ2v) is 7.78. The standard InChI is InChI=1S/C19H20N2O2S2/c1-13-3-5-16(9-14(13)2)20-19(23)17-11-25-12-21(17)18(22)6-4-15-7-8-24-10-15/h3-10,17H,11-12H2,1-2H3,(H,20,23)/b6-4+. The van der Waals surface area contributed by atoms with Gasteiger partial charge in [-0.2, -0.15) is 11.3 Å². The van der Waals surface area contributed by atoms with Crippen LogP contribution in [0.5, 0.6) is 0 Å². The van der Waals surface area contributed by atoms with Crippen LogP contribution in [0.15, 0.2) is 41.1 Å². The molecule has 1 aromatic heterocycles. The van der Waals surface area contributed by atoms with Crippen LogP contribution in [0.1, 0.15) is 16.7 Å². The van der Waals surface area contributed by atoms with Gasteiger partial charge in [0.25, 0.3) is 0 Å². The summed E-state index contributed by atoms with van der Waals surface area (Å²) in [6.45, 7) is 4.05. The third-order valence-electron chi connectivity index (χ3n) is 4.20. The fraction of sp³-hybridized carbons (Fsp3) is 0.263. The van der Waals surface area contributed by atoms with Crippen molar-refractivity contribution in [1.29, 1.82) is 0 Å². The maximum Gasteiger partial charge on any atom is 0.248 e. The number of nitrogens with one attached hydrogen (secondary N) is 1. The van der Waals surface area contributed by atoms with Crippen LogP contribution in [0.3, 0.4) is 0 Å². The summed E-state index contributed by atoms with van der Waals surface area (Å²) in [6, 6.07) is 7.35. The highest BCUT2D eigenvalue weighted by Crippen LogP contribution is 2.23. The molecule has 1 N–H and O–H groups in total. The van der Waals surface area contributed by atoms with Crippen molar-refractivity contribution in [2.45, 2.75) is 19.9 Å². The van der Waals surface area contributed by atoms with Crippen molar-refractivity contribution in [1.82, 2.24) is 4.90 Å². The van der Waals surface area contributed by atoms with E-state index in [0.717, 1.165) is 16.8 Å². The second-order valence-electron chi connectivity index (χ2n) is 6.00. The summed E-state index contributed by atoms with van der Waals surface area (Å²) in [7, 11) is 0. The van der Waals surface area contributed by atoms with E-state index in [9.17, 15) is 9.59 Å². The molecular formula is C19H20N2O2S2. The van der Waals surface area contributed by atoms with Crippen molar-refractivity contribution in [3.63, 3.8) is 0 Å². The van der Waals surface area contributed by atoms with Gasteiger partial charge in [0.2, 0.25) is 11.8 Å². The van der Waals surface area contributed by atoms with Crippen molar-refractivity contribution in [2.24, 2.45) is 0 Å². The molecule has 2 aromatic rings. The van der Waals surface area contributed by atoms with Gasteiger partial charge in [-0.05, 0) is 65.6 Å². The van der Waals surface area contributed by atoms with E-state index in [1.165, 1.54) is 5.56 Å². The Hall–Kier alpha value is -2.05. The molecule has 2 heterocycles. The Morgan fingerprint density at radius 3 is 2.80 bits per heavy atom. The van der Waals surface area contributed by atoms with Gasteiger partial charge in [-0.3, -0.25) is 9.59 Å². The molecule has 3 rings (SSSR count). The number of aryl methyl sites for hydroxylation is 2. The Labute approximate surface area is 155 Å². The first-order valence-corrected chi connectivity index (χ1v) is 10.1. The highest BCUT2D eigenvalue weighted by Gasteiger charge is 2.33. The zero-order valence-electron chi connectivity index (χ0n) is 14.2. The third kappa shape index (κ3) is 4.32. The number of thiophene rings is 1. The van der Waals surface area contributed by atoms with E-state index in [1.54, 1.807) is 40.2 Å². The molecule has 1 fully saturated rings. The van der Waals surface area contributed by atoms with E-state index in [-0.39, 0.29) is 11.8 Å². The molecule has 1 unspecified atom stereocenters. The summed E-state index contributed by atoms with van der Waals surface area (Å²) in [5.74, 6) is 0.897. The summed E-state index contributed by atoms with van der Waals surface area (Å²) in [4.78, 5) is 26.7. The average molecular weight is 373 g/mol.